The average Bonchev–Trinajstić information content (AvgIpc) is 3.35. The molecule has 0 spiro atoms. The van der Waals surface area contributed by atoms with Crippen LogP contribution < -0.4 is 14.5 Å². The molecule has 0 aliphatic carbocycles. The van der Waals surface area contributed by atoms with E-state index in [1.807, 2.05) is 30.3 Å². The summed E-state index contributed by atoms with van der Waals surface area (Å²) in [5, 5.41) is 4.10. The minimum atomic E-state index is 0.390. The number of hydrogen-bond donors (Lipinski definition) is 0. The fourth-order valence-corrected chi connectivity index (χ4v) is 3.72. The lowest BCUT2D eigenvalue weighted by atomic mass is 10.2. The summed E-state index contributed by atoms with van der Waals surface area (Å²) in [5.74, 6) is 2.55. The van der Waals surface area contributed by atoms with E-state index in [4.69, 9.17) is 9.26 Å². The molecule has 4 heterocycles. The third-order valence-electron chi connectivity index (χ3n) is 5.27. The SMILES string of the molecule is COc1ccccc1N1CCN(c2ncncc2-c2nc(-c3cccnc3)no2)CC1. The molecule has 9 nitrogen and oxygen atoms in total. The Morgan fingerprint density at radius 2 is 1.77 bits per heavy atom. The molecule has 0 saturated carbocycles. The molecule has 9 heteroatoms. The van der Waals surface area contributed by atoms with Crippen LogP contribution in [0.25, 0.3) is 22.8 Å². The molecule has 1 saturated heterocycles. The van der Waals surface area contributed by atoms with Crippen molar-refractivity contribution in [2.45, 2.75) is 0 Å². The Hall–Kier alpha value is -4.01. The van der Waals surface area contributed by atoms with Crippen LogP contribution in [0.3, 0.4) is 0 Å². The number of methoxy groups -OCH3 is 1. The van der Waals surface area contributed by atoms with Crippen molar-refractivity contribution in [3.05, 3.63) is 61.3 Å². The van der Waals surface area contributed by atoms with Crippen molar-refractivity contribution in [3.63, 3.8) is 0 Å². The van der Waals surface area contributed by atoms with Crippen LogP contribution in [0.5, 0.6) is 5.75 Å². The molecule has 3 aromatic heterocycles. The van der Waals surface area contributed by atoms with Gasteiger partial charge >= 0.3 is 0 Å². The predicted molar refractivity (Wildman–Crippen MR) is 116 cm³/mol. The van der Waals surface area contributed by atoms with Gasteiger partial charge < -0.3 is 19.1 Å². The standard InChI is InChI=1S/C22H21N7O2/c1-30-19-7-3-2-6-18(19)28-9-11-29(12-10-28)21-17(14-24-15-25-21)22-26-20(27-31-22)16-5-4-8-23-13-16/h2-8,13-15H,9-12H2,1H3. The van der Waals surface area contributed by atoms with Crippen LogP contribution in [-0.2, 0) is 0 Å². The molecule has 156 valence electrons. The number of pyridine rings is 1. The van der Waals surface area contributed by atoms with Gasteiger partial charge in [-0.2, -0.15) is 4.98 Å². The molecule has 4 aromatic rings. The van der Waals surface area contributed by atoms with E-state index < -0.39 is 0 Å². The zero-order chi connectivity index (χ0) is 21.0. The van der Waals surface area contributed by atoms with E-state index in [9.17, 15) is 0 Å². The Morgan fingerprint density at radius 3 is 2.58 bits per heavy atom. The second-order valence-electron chi connectivity index (χ2n) is 7.07. The molecule has 5 rings (SSSR count). The van der Waals surface area contributed by atoms with Gasteiger partial charge in [0.15, 0.2) is 0 Å². The molecule has 31 heavy (non-hydrogen) atoms. The van der Waals surface area contributed by atoms with Gasteiger partial charge in [0.2, 0.25) is 5.82 Å². The average molecular weight is 415 g/mol. The van der Waals surface area contributed by atoms with Crippen molar-refractivity contribution in [3.8, 4) is 28.6 Å². The van der Waals surface area contributed by atoms with Gasteiger partial charge in [0, 0.05) is 50.3 Å². The van der Waals surface area contributed by atoms with Crippen LogP contribution in [0.2, 0.25) is 0 Å². The number of nitrogens with zero attached hydrogens (tertiary/aromatic N) is 7. The van der Waals surface area contributed by atoms with Gasteiger partial charge in [-0.05, 0) is 24.3 Å². The molecular formula is C22H21N7O2. The van der Waals surface area contributed by atoms with E-state index >= 15 is 0 Å². The van der Waals surface area contributed by atoms with Gasteiger partial charge in [-0.15, -0.1) is 0 Å². The summed E-state index contributed by atoms with van der Waals surface area (Å²) in [5.41, 5.74) is 2.61. The predicted octanol–water partition coefficient (Wildman–Crippen LogP) is 2.92. The first-order chi connectivity index (χ1) is 15.3. The third kappa shape index (κ3) is 3.77. The summed E-state index contributed by atoms with van der Waals surface area (Å²) >= 11 is 0. The van der Waals surface area contributed by atoms with Crippen molar-refractivity contribution in [2.75, 3.05) is 43.1 Å². The lowest BCUT2D eigenvalue weighted by Gasteiger charge is -2.37. The largest absolute Gasteiger partial charge is 0.495 e. The lowest BCUT2D eigenvalue weighted by molar-refractivity contribution is 0.413. The molecule has 1 aliphatic rings. The van der Waals surface area contributed by atoms with Crippen molar-refractivity contribution >= 4 is 11.5 Å². The highest BCUT2D eigenvalue weighted by Crippen LogP contribution is 2.32. The molecule has 1 fully saturated rings. The Labute approximate surface area is 179 Å². The normalized spacial score (nSPS) is 14.0. The Balaban J connectivity index is 1.37. The topological polar surface area (TPSA) is 93.3 Å². The molecule has 1 aliphatic heterocycles. The van der Waals surface area contributed by atoms with E-state index in [0.717, 1.165) is 54.6 Å². The Kier molecular flexibility index (Phi) is 5.14. The molecule has 0 N–H and O–H groups in total. The summed E-state index contributed by atoms with van der Waals surface area (Å²) in [6, 6.07) is 11.8. The van der Waals surface area contributed by atoms with Crippen molar-refractivity contribution in [1.82, 2.24) is 25.1 Å². The number of piperazine rings is 1. The van der Waals surface area contributed by atoms with Crippen LogP contribution in [0.15, 0.2) is 65.8 Å². The van der Waals surface area contributed by atoms with Crippen molar-refractivity contribution in [1.29, 1.82) is 0 Å². The number of hydrogen-bond acceptors (Lipinski definition) is 9. The second kappa shape index (κ2) is 8.39. The number of benzene rings is 1. The molecule has 0 bridgehead atoms. The first-order valence-electron chi connectivity index (χ1n) is 10.0. The Bertz CT molecular complexity index is 1160. The molecule has 0 radical (unpaired) electrons. The van der Waals surface area contributed by atoms with Gasteiger partial charge in [0.1, 0.15) is 23.5 Å². The first-order valence-corrected chi connectivity index (χ1v) is 10.0. The summed E-state index contributed by atoms with van der Waals surface area (Å²) < 4.78 is 11.1. The minimum absolute atomic E-state index is 0.390. The van der Waals surface area contributed by atoms with Gasteiger partial charge in [-0.3, -0.25) is 4.98 Å². The Morgan fingerprint density at radius 1 is 0.935 bits per heavy atom. The van der Waals surface area contributed by atoms with Gasteiger partial charge in [0.05, 0.1) is 12.8 Å². The maximum absolute atomic E-state index is 5.53. The number of rotatable bonds is 5. The summed E-state index contributed by atoms with van der Waals surface area (Å²) in [7, 11) is 1.70. The molecule has 0 amide bonds. The monoisotopic (exact) mass is 415 g/mol. The smallest absolute Gasteiger partial charge is 0.263 e. The van der Waals surface area contributed by atoms with Crippen LogP contribution >= 0.6 is 0 Å². The van der Waals surface area contributed by atoms with Crippen LogP contribution in [0, 0.1) is 0 Å². The number of anilines is 2. The third-order valence-corrected chi connectivity index (χ3v) is 5.27. The van der Waals surface area contributed by atoms with Crippen LogP contribution in [0.4, 0.5) is 11.5 Å². The highest BCUT2D eigenvalue weighted by Gasteiger charge is 2.24. The molecule has 1 aromatic carbocycles. The zero-order valence-corrected chi connectivity index (χ0v) is 17.0. The van der Waals surface area contributed by atoms with E-state index in [0.29, 0.717) is 11.7 Å². The summed E-state index contributed by atoms with van der Waals surface area (Å²) in [4.78, 5) is 21.9. The first kappa shape index (κ1) is 19.0. The number of aromatic nitrogens is 5. The van der Waals surface area contributed by atoms with Gasteiger partial charge in [-0.1, -0.05) is 17.3 Å². The molecule has 0 unspecified atom stereocenters. The maximum atomic E-state index is 5.53. The highest BCUT2D eigenvalue weighted by molar-refractivity contribution is 5.71. The number of ether oxygens (including phenoxy) is 1. The van der Waals surface area contributed by atoms with E-state index in [2.05, 4.69) is 41.0 Å². The van der Waals surface area contributed by atoms with Crippen molar-refractivity contribution < 1.29 is 9.26 Å². The fraction of sp³-hybridized carbons (Fsp3) is 0.227. The molecule has 0 atom stereocenters. The van der Waals surface area contributed by atoms with Gasteiger partial charge in [0.25, 0.3) is 5.89 Å². The number of para-hydroxylation sites is 2. The van der Waals surface area contributed by atoms with E-state index in [1.165, 1.54) is 0 Å². The van der Waals surface area contributed by atoms with Gasteiger partial charge in [-0.25, -0.2) is 9.97 Å². The summed E-state index contributed by atoms with van der Waals surface area (Å²) in [6.07, 6.45) is 6.67. The summed E-state index contributed by atoms with van der Waals surface area (Å²) in [6.45, 7) is 3.28. The van der Waals surface area contributed by atoms with E-state index in [-0.39, 0.29) is 0 Å². The fourth-order valence-electron chi connectivity index (χ4n) is 3.72. The lowest BCUT2D eigenvalue weighted by Crippen LogP contribution is -2.47. The zero-order valence-electron chi connectivity index (χ0n) is 17.0. The van der Waals surface area contributed by atoms with Crippen LogP contribution in [-0.4, -0.2) is 58.4 Å². The highest BCUT2D eigenvalue weighted by atomic mass is 16.5. The quantitative estimate of drug-likeness (QED) is 0.488. The minimum Gasteiger partial charge on any atom is -0.495 e. The van der Waals surface area contributed by atoms with Crippen LogP contribution in [0.1, 0.15) is 0 Å². The second-order valence-corrected chi connectivity index (χ2v) is 7.07. The van der Waals surface area contributed by atoms with E-state index in [1.54, 1.807) is 32.0 Å². The van der Waals surface area contributed by atoms with Crippen molar-refractivity contribution in [2.24, 2.45) is 0 Å². The maximum Gasteiger partial charge on any atom is 0.263 e. The molecular weight excluding hydrogens is 394 g/mol.